The van der Waals surface area contributed by atoms with Crippen molar-refractivity contribution < 1.29 is 17.3 Å². The van der Waals surface area contributed by atoms with E-state index in [4.69, 9.17) is 0 Å². The highest BCUT2D eigenvalue weighted by molar-refractivity contribution is 4.92. The normalized spacial score (nSPS) is 12.4. The highest BCUT2D eigenvalue weighted by atomic mass is 35.5. The van der Waals surface area contributed by atoms with Crippen LogP contribution in [0.5, 0.6) is 0 Å². The summed E-state index contributed by atoms with van der Waals surface area (Å²) in [5, 5.41) is 0. The molecule has 2 heteroatoms. The van der Waals surface area contributed by atoms with Crippen molar-refractivity contribution in [2.24, 2.45) is 0 Å². The molecule has 0 radical (unpaired) electrons. The molecular weight excluding hydrogens is 242 g/mol. The molecule has 1 nitrogen and oxygen atoms in total. The van der Waals surface area contributed by atoms with E-state index in [0.29, 0.717) is 0 Å². The minimum atomic E-state index is 0. The number of unbranched alkanes of at least 4 members (excludes halogenated alkanes) is 7. The van der Waals surface area contributed by atoms with Gasteiger partial charge in [0.05, 0.1) is 20.6 Å². The Balaban J connectivity index is 0. The first-order valence-corrected chi connectivity index (χ1v) is 7.71. The topological polar surface area (TPSA) is 4.44 Å². The summed E-state index contributed by atoms with van der Waals surface area (Å²) in [4.78, 5) is 1.59. The zero-order valence-corrected chi connectivity index (χ0v) is 13.6. The smallest absolute Gasteiger partial charge is 0.0766 e. The van der Waals surface area contributed by atoms with Gasteiger partial charge < -0.3 is 17.3 Å². The predicted octanol–water partition coefficient (Wildman–Crippen LogP) is 0.612. The maximum absolute atomic E-state index is 2.28. The Hall–Kier alpha value is -0.0100. The molecular formula is C16H34ClN. The van der Waals surface area contributed by atoms with Crippen LogP contribution in [-0.4, -0.2) is 20.6 Å². The summed E-state index contributed by atoms with van der Waals surface area (Å²) in [5.74, 6) is 0. The van der Waals surface area contributed by atoms with E-state index in [9.17, 15) is 0 Å². The first kappa shape index (κ1) is 20.3. The van der Waals surface area contributed by atoms with E-state index < -0.39 is 0 Å². The Kier molecular flexibility index (Phi) is 19.2. The Morgan fingerprint density at radius 1 is 0.778 bits per heavy atom. The van der Waals surface area contributed by atoms with Crippen molar-refractivity contribution in [2.75, 3.05) is 20.6 Å². The minimum absolute atomic E-state index is 0. The van der Waals surface area contributed by atoms with Gasteiger partial charge in [0.25, 0.3) is 0 Å². The van der Waals surface area contributed by atoms with Gasteiger partial charge in [0.15, 0.2) is 0 Å². The highest BCUT2D eigenvalue weighted by Gasteiger charge is 1.94. The lowest BCUT2D eigenvalue weighted by Crippen LogP contribution is -3.05. The van der Waals surface area contributed by atoms with Crippen molar-refractivity contribution in [1.82, 2.24) is 0 Å². The Morgan fingerprint density at radius 2 is 1.17 bits per heavy atom. The van der Waals surface area contributed by atoms with Crippen LogP contribution in [0.25, 0.3) is 0 Å². The second-order valence-electron chi connectivity index (χ2n) is 5.48. The zero-order chi connectivity index (χ0) is 12.8. The lowest BCUT2D eigenvalue weighted by atomic mass is 10.1. The van der Waals surface area contributed by atoms with Crippen LogP contribution in [0.4, 0.5) is 0 Å². The molecule has 0 unspecified atom stereocenters. The Bertz CT molecular complexity index is 160. The summed E-state index contributed by atoms with van der Waals surface area (Å²) in [5.41, 5.74) is 0. The number of rotatable bonds is 9. The van der Waals surface area contributed by atoms with Crippen molar-refractivity contribution in [3.05, 3.63) is 12.2 Å². The molecule has 0 aromatic carbocycles. The van der Waals surface area contributed by atoms with E-state index in [1.54, 1.807) is 4.90 Å². The molecule has 18 heavy (non-hydrogen) atoms. The van der Waals surface area contributed by atoms with E-state index in [-0.39, 0.29) is 12.4 Å². The fraction of sp³-hybridized carbons (Fsp3) is 0.875. The molecule has 0 aromatic heterocycles. The van der Waals surface area contributed by atoms with E-state index in [1.807, 2.05) is 0 Å². The predicted molar refractivity (Wildman–Crippen MR) is 78.7 cm³/mol. The first-order valence-electron chi connectivity index (χ1n) is 7.71. The average molecular weight is 276 g/mol. The lowest BCUT2D eigenvalue weighted by Gasteiger charge is -2.06. The van der Waals surface area contributed by atoms with Crippen molar-refractivity contribution in [1.29, 1.82) is 0 Å². The van der Waals surface area contributed by atoms with E-state index in [0.717, 1.165) is 0 Å². The fourth-order valence-electron chi connectivity index (χ4n) is 1.78. The Morgan fingerprint density at radius 3 is 1.50 bits per heavy atom. The molecule has 1 N–H and O–H groups in total. The van der Waals surface area contributed by atoms with Crippen LogP contribution < -0.4 is 17.3 Å². The van der Waals surface area contributed by atoms with Gasteiger partial charge in [-0.25, -0.2) is 0 Å². The quantitative estimate of drug-likeness (QED) is 0.465. The number of hydrogen-bond donors (Lipinski definition) is 1. The largest absolute Gasteiger partial charge is 1.00 e. The molecule has 0 bridgehead atoms. The van der Waals surface area contributed by atoms with E-state index >= 15 is 0 Å². The maximum Gasteiger partial charge on any atom is 0.0766 e. The molecule has 0 fully saturated rings. The van der Waals surface area contributed by atoms with Crippen LogP contribution in [-0.2, 0) is 0 Å². The third-order valence-corrected chi connectivity index (χ3v) is 3.20. The third-order valence-electron chi connectivity index (χ3n) is 3.20. The highest BCUT2D eigenvalue weighted by Crippen LogP contribution is 2.07. The molecule has 0 atom stereocenters. The number of nitrogens with one attached hydrogen (secondary N) is 1. The number of hydrogen-bond acceptors (Lipinski definition) is 0. The summed E-state index contributed by atoms with van der Waals surface area (Å²) in [6.45, 7) is 3.62. The molecule has 1 aliphatic rings. The van der Waals surface area contributed by atoms with Gasteiger partial charge in [-0.05, 0) is 25.7 Å². The molecule has 0 saturated heterocycles. The first-order chi connectivity index (χ1) is 8.27. The standard InChI is InChI=1S/C12H27N.C4H6.ClH/c1-4-5-6-7-8-9-10-11-12-13(2)3;1-2-4-3-1;/h4-12H2,1-3H3;1-2H,3-4H2;1H. The third kappa shape index (κ3) is 18.4. The lowest BCUT2D eigenvalue weighted by molar-refractivity contribution is -0.858. The molecule has 1 rings (SSSR count). The van der Waals surface area contributed by atoms with E-state index in [1.165, 1.54) is 70.8 Å². The van der Waals surface area contributed by atoms with Gasteiger partial charge in [0.1, 0.15) is 0 Å². The average Bonchev–Trinajstić information content (AvgIpc) is 2.19. The molecule has 0 amide bonds. The minimum Gasteiger partial charge on any atom is -1.00 e. The van der Waals surface area contributed by atoms with Crippen LogP contribution >= 0.6 is 0 Å². The second kappa shape index (κ2) is 17.0. The van der Waals surface area contributed by atoms with Crippen LogP contribution in [0.1, 0.15) is 71.1 Å². The van der Waals surface area contributed by atoms with Crippen molar-refractivity contribution >= 4 is 0 Å². The summed E-state index contributed by atoms with van der Waals surface area (Å²) in [6.07, 6.45) is 18.5. The van der Waals surface area contributed by atoms with Gasteiger partial charge in [-0.1, -0.05) is 57.6 Å². The van der Waals surface area contributed by atoms with E-state index in [2.05, 4.69) is 33.2 Å². The molecule has 0 spiro atoms. The summed E-state index contributed by atoms with van der Waals surface area (Å²) in [7, 11) is 4.47. The van der Waals surface area contributed by atoms with Crippen molar-refractivity contribution in [3.63, 3.8) is 0 Å². The summed E-state index contributed by atoms with van der Waals surface area (Å²) >= 11 is 0. The van der Waals surface area contributed by atoms with Crippen molar-refractivity contribution in [3.8, 4) is 0 Å². The molecule has 1 aliphatic carbocycles. The van der Waals surface area contributed by atoms with Crippen LogP contribution in [0.2, 0.25) is 0 Å². The van der Waals surface area contributed by atoms with Crippen LogP contribution in [0.15, 0.2) is 12.2 Å². The molecule has 0 heterocycles. The SMILES string of the molecule is C1=CCC1.CCCCCCCCCC[NH+](C)C.[Cl-]. The van der Waals surface area contributed by atoms with Gasteiger partial charge in [-0.2, -0.15) is 0 Å². The van der Waals surface area contributed by atoms with Gasteiger partial charge in [0.2, 0.25) is 0 Å². The van der Waals surface area contributed by atoms with Gasteiger partial charge in [-0.3, -0.25) is 0 Å². The monoisotopic (exact) mass is 275 g/mol. The van der Waals surface area contributed by atoms with Gasteiger partial charge in [0, 0.05) is 0 Å². The molecule has 0 saturated carbocycles. The molecule has 0 aliphatic heterocycles. The summed E-state index contributed by atoms with van der Waals surface area (Å²) < 4.78 is 0. The zero-order valence-electron chi connectivity index (χ0n) is 12.8. The van der Waals surface area contributed by atoms with Crippen LogP contribution in [0, 0.1) is 0 Å². The molecule has 0 aromatic rings. The summed E-state index contributed by atoms with van der Waals surface area (Å²) in [6, 6.07) is 0. The van der Waals surface area contributed by atoms with Crippen molar-refractivity contribution in [2.45, 2.75) is 71.1 Å². The van der Waals surface area contributed by atoms with Gasteiger partial charge >= 0.3 is 0 Å². The van der Waals surface area contributed by atoms with Crippen LogP contribution in [0.3, 0.4) is 0 Å². The number of allylic oxidation sites excluding steroid dienone is 2. The second-order valence-corrected chi connectivity index (χ2v) is 5.48. The van der Waals surface area contributed by atoms with Gasteiger partial charge in [-0.15, -0.1) is 0 Å². The maximum atomic E-state index is 2.28. The number of quaternary nitrogens is 1. The fourth-order valence-corrected chi connectivity index (χ4v) is 1.78. The Labute approximate surface area is 121 Å². The number of halogens is 1. The molecule has 110 valence electrons.